The highest BCUT2D eigenvalue weighted by molar-refractivity contribution is 5.35. The van der Waals surface area contributed by atoms with Crippen molar-refractivity contribution in [3.8, 4) is 5.75 Å². The van der Waals surface area contributed by atoms with E-state index in [1.165, 1.54) is 18.2 Å². The molecule has 0 saturated carbocycles. The first-order chi connectivity index (χ1) is 8.15. The minimum absolute atomic E-state index is 0.0323. The Morgan fingerprint density at radius 1 is 1.29 bits per heavy atom. The summed E-state index contributed by atoms with van der Waals surface area (Å²) in [5.41, 5.74) is 0.409. The molecule has 0 unspecified atom stereocenters. The Morgan fingerprint density at radius 2 is 2.06 bits per heavy atom. The summed E-state index contributed by atoms with van der Waals surface area (Å²) in [5, 5.41) is 17.9. The maximum Gasteiger partial charge on any atom is 0.125 e. The lowest BCUT2D eigenvalue weighted by Gasteiger charge is -2.13. The molecule has 1 rings (SSSR count). The topological polar surface area (TPSA) is 58.9 Å². The van der Waals surface area contributed by atoms with E-state index in [1.807, 2.05) is 0 Å². The number of rotatable bonds is 7. The van der Waals surface area contributed by atoms with Crippen LogP contribution in [0.25, 0.3) is 0 Å². The predicted molar refractivity (Wildman–Crippen MR) is 60.4 cm³/mol. The molecule has 0 heterocycles. The van der Waals surface area contributed by atoms with Gasteiger partial charge in [-0.25, -0.2) is 4.39 Å². The smallest absolute Gasteiger partial charge is 0.125 e. The summed E-state index contributed by atoms with van der Waals surface area (Å²) < 4.78 is 23.4. The molecule has 1 aromatic rings. The maximum absolute atomic E-state index is 13.0. The van der Waals surface area contributed by atoms with Gasteiger partial charge in [-0.15, -0.1) is 0 Å². The Morgan fingerprint density at radius 3 is 2.71 bits per heavy atom. The summed E-state index contributed by atoms with van der Waals surface area (Å²) in [6, 6.07) is 3.99. The van der Waals surface area contributed by atoms with E-state index in [9.17, 15) is 9.50 Å². The Labute approximate surface area is 99.6 Å². The summed E-state index contributed by atoms with van der Waals surface area (Å²) in [4.78, 5) is 0. The summed E-state index contributed by atoms with van der Waals surface area (Å²) in [7, 11) is 0. The molecule has 5 heteroatoms. The van der Waals surface area contributed by atoms with Crippen LogP contribution in [0.5, 0.6) is 5.75 Å². The average Bonchev–Trinajstić information content (AvgIpc) is 2.30. The van der Waals surface area contributed by atoms with Gasteiger partial charge in [-0.2, -0.15) is 0 Å². The van der Waals surface area contributed by atoms with E-state index in [2.05, 4.69) is 0 Å². The van der Waals surface area contributed by atoms with Crippen LogP contribution in [0.4, 0.5) is 4.39 Å². The zero-order chi connectivity index (χ0) is 12.7. The number of aliphatic hydroxyl groups is 2. The molecule has 4 nitrogen and oxygen atoms in total. The van der Waals surface area contributed by atoms with Gasteiger partial charge in [-0.05, 0) is 25.1 Å². The normalized spacial score (nSPS) is 12.5. The Hall–Kier alpha value is -1.17. The third kappa shape index (κ3) is 4.68. The lowest BCUT2D eigenvalue weighted by Crippen LogP contribution is -2.10. The van der Waals surface area contributed by atoms with Crippen molar-refractivity contribution in [1.82, 2.24) is 0 Å². The first-order valence-electron chi connectivity index (χ1n) is 5.44. The van der Waals surface area contributed by atoms with Crippen LogP contribution in [0.2, 0.25) is 0 Å². The Bertz CT molecular complexity index is 341. The average molecular weight is 244 g/mol. The van der Waals surface area contributed by atoms with E-state index >= 15 is 0 Å². The molecule has 0 aromatic heterocycles. The van der Waals surface area contributed by atoms with Crippen molar-refractivity contribution in [3.63, 3.8) is 0 Å². The molecule has 1 atom stereocenters. The van der Waals surface area contributed by atoms with Crippen LogP contribution in [-0.2, 0) is 4.74 Å². The molecule has 0 aliphatic carbocycles. The molecule has 0 spiro atoms. The first-order valence-corrected chi connectivity index (χ1v) is 5.44. The molecular formula is C12H17FO4. The first kappa shape index (κ1) is 13.9. The molecule has 96 valence electrons. The molecule has 0 saturated heterocycles. The van der Waals surface area contributed by atoms with E-state index in [0.29, 0.717) is 17.9 Å². The van der Waals surface area contributed by atoms with Crippen molar-refractivity contribution < 1.29 is 24.1 Å². The lowest BCUT2D eigenvalue weighted by atomic mass is 10.1. The van der Waals surface area contributed by atoms with E-state index < -0.39 is 11.9 Å². The van der Waals surface area contributed by atoms with Crippen molar-refractivity contribution in [2.45, 2.75) is 13.0 Å². The fourth-order valence-electron chi connectivity index (χ4n) is 1.35. The number of hydrogen-bond acceptors (Lipinski definition) is 4. The van der Waals surface area contributed by atoms with E-state index in [-0.39, 0.29) is 19.8 Å². The Kier molecular flexibility index (Phi) is 5.90. The van der Waals surface area contributed by atoms with E-state index in [1.54, 1.807) is 6.92 Å². The summed E-state index contributed by atoms with van der Waals surface area (Å²) in [6.07, 6.45) is -0.793. The van der Waals surface area contributed by atoms with Gasteiger partial charge in [0.05, 0.1) is 25.9 Å². The van der Waals surface area contributed by atoms with Crippen LogP contribution in [-0.4, -0.2) is 36.6 Å². The number of halogens is 1. The molecule has 1 aromatic carbocycles. The monoisotopic (exact) mass is 244 g/mol. The highest BCUT2D eigenvalue weighted by atomic mass is 19.1. The number of aliphatic hydroxyl groups excluding tert-OH is 2. The van der Waals surface area contributed by atoms with Gasteiger partial charge in [-0.1, -0.05) is 0 Å². The van der Waals surface area contributed by atoms with Crippen molar-refractivity contribution in [1.29, 1.82) is 0 Å². The number of benzene rings is 1. The lowest BCUT2D eigenvalue weighted by molar-refractivity contribution is 0.0695. The second-order valence-electron chi connectivity index (χ2n) is 3.54. The highest BCUT2D eigenvalue weighted by Gasteiger charge is 2.10. The molecule has 0 aliphatic rings. The van der Waals surface area contributed by atoms with E-state index in [4.69, 9.17) is 14.6 Å². The third-order valence-electron chi connectivity index (χ3n) is 2.14. The van der Waals surface area contributed by atoms with Crippen LogP contribution in [0, 0.1) is 5.82 Å². The molecule has 0 radical (unpaired) electrons. The maximum atomic E-state index is 13.0. The second kappa shape index (κ2) is 7.21. The van der Waals surface area contributed by atoms with Gasteiger partial charge in [0.25, 0.3) is 0 Å². The second-order valence-corrected chi connectivity index (χ2v) is 3.54. The predicted octanol–water partition coefficient (Wildman–Crippen LogP) is 1.27. The van der Waals surface area contributed by atoms with E-state index in [0.717, 1.165) is 0 Å². The quantitative estimate of drug-likeness (QED) is 0.709. The van der Waals surface area contributed by atoms with Gasteiger partial charge in [-0.3, -0.25) is 0 Å². The summed E-state index contributed by atoms with van der Waals surface area (Å²) >= 11 is 0. The van der Waals surface area contributed by atoms with Crippen LogP contribution in [0.15, 0.2) is 18.2 Å². The standard InChI is InChI=1S/C12H17FO4/c1-9(15)11-8-10(13)2-3-12(11)17-7-6-16-5-4-14/h2-3,8-9,14-15H,4-7H2,1H3/t9-/m1/s1. The minimum Gasteiger partial charge on any atom is -0.491 e. The van der Waals surface area contributed by atoms with Crippen molar-refractivity contribution in [3.05, 3.63) is 29.6 Å². The summed E-state index contributed by atoms with van der Waals surface area (Å²) in [5.74, 6) is 0.0266. The van der Waals surface area contributed by atoms with Gasteiger partial charge in [0.15, 0.2) is 0 Å². The van der Waals surface area contributed by atoms with Crippen molar-refractivity contribution in [2.24, 2.45) is 0 Å². The highest BCUT2D eigenvalue weighted by Crippen LogP contribution is 2.25. The molecule has 17 heavy (non-hydrogen) atoms. The Balaban J connectivity index is 2.52. The number of hydrogen-bond donors (Lipinski definition) is 2. The molecule has 0 aliphatic heterocycles. The van der Waals surface area contributed by atoms with Gasteiger partial charge in [0, 0.05) is 5.56 Å². The molecule has 2 N–H and O–H groups in total. The van der Waals surface area contributed by atoms with Gasteiger partial charge in [0.1, 0.15) is 18.2 Å². The van der Waals surface area contributed by atoms with Crippen LogP contribution in [0.3, 0.4) is 0 Å². The van der Waals surface area contributed by atoms with Crippen molar-refractivity contribution >= 4 is 0 Å². The van der Waals surface area contributed by atoms with Crippen molar-refractivity contribution in [2.75, 3.05) is 26.4 Å². The zero-order valence-corrected chi connectivity index (χ0v) is 9.73. The molecule has 0 bridgehead atoms. The minimum atomic E-state index is -0.793. The number of ether oxygens (including phenoxy) is 2. The van der Waals surface area contributed by atoms with Gasteiger partial charge < -0.3 is 19.7 Å². The molecular weight excluding hydrogens is 227 g/mol. The largest absolute Gasteiger partial charge is 0.491 e. The van der Waals surface area contributed by atoms with Gasteiger partial charge >= 0.3 is 0 Å². The fraction of sp³-hybridized carbons (Fsp3) is 0.500. The van der Waals surface area contributed by atoms with Crippen LogP contribution < -0.4 is 4.74 Å². The SMILES string of the molecule is C[C@@H](O)c1cc(F)ccc1OCCOCCO. The summed E-state index contributed by atoms with van der Waals surface area (Å²) in [6.45, 7) is 2.39. The molecule has 0 fully saturated rings. The third-order valence-corrected chi connectivity index (χ3v) is 2.14. The fourth-order valence-corrected chi connectivity index (χ4v) is 1.35. The van der Waals surface area contributed by atoms with Gasteiger partial charge in [0.2, 0.25) is 0 Å². The van der Waals surface area contributed by atoms with Crippen LogP contribution >= 0.6 is 0 Å². The zero-order valence-electron chi connectivity index (χ0n) is 9.73. The van der Waals surface area contributed by atoms with Crippen LogP contribution in [0.1, 0.15) is 18.6 Å². The molecule has 0 amide bonds.